The number of phenols is 1. The number of carbonyl (C=O) groups is 1. The predicted octanol–water partition coefficient (Wildman–Crippen LogP) is 2.98. The molecule has 19 heavy (non-hydrogen) atoms. The fourth-order valence-electron chi connectivity index (χ4n) is 2.16. The van der Waals surface area contributed by atoms with Gasteiger partial charge in [-0.1, -0.05) is 24.3 Å². The summed E-state index contributed by atoms with van der Waals surface area (Å²) in [6, 6.07) is 12.5. The Morgan fingerprint density at radius 2 is 2.00 bits per heavy atom. The Labute approximate surface area is 110 Å². The van der Waals surface area contributed by atoms with Crippen molar-refractivity contribution in [3.8, 4) is 5.75 Å². The second kappa shape index (κ2) is 4.31. The van der Waals surface area contributed by atoms with Crippen LogP contribution in [0.25, 0.3) is 0 Å². The van der Waals surface area contributed by atoms with E-state index >= 15 is 0 Å². The number of hydrogen-bond acceptors (Lipinski definition) is 4. The molecular weight excluding hydrogens is 242 g/mol. The molecule has 0 radical (unpaired) electrons. The fraction of sp³-hybridized carbons (Fsp3) is 0.133. The van der Waals surface area contributed by atoms with Crippen molar-refractivity contribution in [2.75, 3.05) is 5.32 Å². The predicted molar refractivity (Wildman–Crippen MR) is 71.1 cm³/mol. The van der Waals surface area contributed by atoms with E-state index in [4.69, 9.17) is 4.74 Å². The molecule has 0 spiro atoms. The summed E-state index contributed by atoms with van der Waals surface area (Å²) < 4.78 is 5.27. The molecule has 0 unspecified atom stereocenters. The van der Waals surface area contributed by atoms with Crippen molar-refractivity contribution in [2.45, 2.75) is 13.2 Å². The average molecular weight is 255 g/mol. The van der Waals surface area contributed by atoms with E-state index in [2.05, 4.69) is 5.32 Å². The summed E-state index contributed by atoms with van der Waals surface area (Å²) in [5.41, 5.74) is 2.91. The maximum Gasteiger partial charge on any atom is 0.340 e. The highest BCUT2D eigenvalue weighted by Gasteiger charge is 2.30. The summed E-state index contributed by atoms with van der Waals surface area (Å²) in [4.78, 5) is 11.7. The van der Waals surface area contributed by atoms with E-state index in [-0.39, 0.29) is 11.7 Å². The smallest absolute Gasteiger partial charge is 0.340 e. The minimum absolute atomic E-state index is 0.131. The van der Waals surface area contributed by atoms with Crippen molar-refractivity contribution < 1.29 is 14.6 Å². The lowest BCUT2D eigenvalue weighted by Crippen LogP contribution is -2.10. The number of esters is 1. The van der Waals surface area contributed by atoms with Crippen LogP contribution in [-0.4, -0.2) is 11.1 Å². The highest BCUT2D eigenvalue weighted by atomic mass is 16.6. The number of nitrogens with one attached hydrogen (secondary N) is 1. The van der Waals surface area contributed by atoms with Crippen LogP contribution in [0.3, 0.4) is 0 Å². The maximum atomic E-state index is 11.7. The van der Waals surface area contributed by atoms with Gasteiger partial charge in [-0.2, -0.15) is 0 Å². The molecule has 2 aromatic carbocycles. The van der Waals surface area contributed by atoms with Crippen LogP contribution < -0.4 is 5.32 Å². The number of aromatic hydroxyl groups is 1. The summed E-state index contributed by atoms with van der Waals surface area (Å²) in [5, 5.41) is 12.8. The summed E-state index contributed by atoms with van der Waals surface area (Å²) in [5.74, 6) is -0.216. The van der Waals surface area contributed by atoms with Crippen LogP contribution in [0, 0.1) is 6.92 Å². The fourth-order valence-corrected chi connectivity index (χ4v) is 2.16. The summed E-state index contributed by atoms with van der Waals surface area (Å²) in [7, 11) is 0. The van der Waals surface area contributed by atoms with Crippen molar-refractivity contribution in [2.24, 2.45) is 0 Å². The Morgan fingerprint density at radius 1 is 1.21 bits per heavy atom. The topological polar surface area (TPSA) is 58.6 Å². The first-order chi connectivity index (χ1) is 9.15. The van der Waals surface area contributed by atoms with Gasteiger partial charge < -0.3 is 15.2 Å². The minimum Gasteiger partial charge on any atom is -0.506 e. The molecule has 0 saturated heterocycles. The molecule has 0 amide bonds. The first kappa shape index (κ1) is 11.6. The third kappa shape index (κ3) is 2.01. The first-order valence-corrected chi connectivity index (χ1v) is 6.01. The standard InChI is InChI=1S/C15H13NO3/c1-9-6-7-13(17)12(8-9)16-14-10-4-2-3-5-11(10)15(18)19-14/h2-8,14,16-17H,1H3/t14-/m0/s1. The Balaban J connectivity index is 1.93. The second-order valence-electron chi connectivity index (χ2n) is 4.54. The summed E-state index contributed by atoms with van der Waals surface area (Å²) in [6.07, 6.45) is -0.559. The van der Waals surface area contributed by atoms with E-state index in [0.29, 0.717) is 11.3 Å². The molecule has 0 aliphatic carbocycles. The zero-order valence-corrected chi connectivity index (χ0v) is 10.4. The number of phenolic OH excluding ortho intramolecular Hbond substituents is 1. The number of rotatable bonds is 2. The van der Waals surface area contributed by atoms with Gasteiger partial charge in [0.2, 0.25) is 6.23 Å². The lowest BCUT2D eigenvalue weighted by atomic mass is 10.1. The van der Waals surface area contributed by atoms with E-state index in [9.17, 15) is 9.90 Å². The Bertz CT molecular complexity index is 652. The van der Waals surface area contributed by atoms with E-state index in [1.54, 1.807) is 18.2 Å². The average Bonchev–Trinajstić information content (AvgIpc) is 2.72. The highest BCUT2D eigenvalue weighted by Crippen LogP contribution is 2.34. The van der Waals surface area contributed by atoms with Crippen molar-refractivity contribution >= 4 is 11.7 Å². The van der Waals surface area contributed by atoms with Gasteiger partial charge in [-0.15, -0.1) is 0 Å². The van der Waals surface area contributed by atoms with Crippen LogP contribution in [0.1, 0.15) is 27.7 Å². The molecular formula is C15H13NO3. The quantitative estimate of drug-likeness (QED) is 0.639. The molecule has 1 atom stereocenters. The second-order valence-corrected chi connectivity index (χ2v) is 4.54. The monoisotopic (exact) mass is 255 g/mol. The Hall–Kier alpha value is -2.49. The largest absolute Gasteiger partial charge is 0.506 e. The van der Waals surface area contributed by atoms with Gasteiger partial charge in [-0.25, -0.2) is 4.79 Å². The molecule has 0 saturated carbocycles. The SMILES string of the molecule is Cc1ccc(O)c(N[C@H]2OC(=O)c3ccccc32)c1. The molecule has 96 valence electrons. The van der Waals surface area contributed by atoms with Crippen LogP contribution in [-0.2, 0) is 4.74 Å². The zero-order chi connectivity index (χ0) is 13.4. The maximum absolute atomic E-state index is 11.7. The number of anilines is 1. The van der Waals surface area contributed by atoms with Gasteiger partial charge in [0.1, 0.15) is 5.75 Å². The highest BCUT2D eigenvalue weighted by molar-refractivity contribution is 5.94. The van der Waals surface area contributed by atoms with Gasteiger partial charge in [0, 0.05) is 5.56 Å². The lowest BCUT2D eigenvalue weighted by Gasteiger charge is -2.15. The van der Waals surface area contributed by atoms with Gasteiger partial charge in [0.05, 0.1) is 11.3 Å². The molecule has 0 fully saturated rings. The molecule has 4 heteroatoms. The molecule has 1 heterocycles. The number of benzene rings is 2. The Kier molecular flexibility index (Phi) is 2.63. The number of fused-ring (bicyclic) bond motifs is 1. The number of ether oxygens (including phenoxy) is 1. The molecule has 0 aromatic heterocycles. The van der Waals surface area contributed by atoms with Crippen molar-refractivity contribution in [3.05, 3.63) is 59.2 Å². The molecule has 2 aromatic rings. The van der Waals surface area contributed by atoms with E-state index in [1.807, 2.05) is 31.2 Å². The molecule has 2 N–H and O–H groups in total. The van der Waals surface area contributed by atoms with Crippen molar-refractivity contribution in [1.29, 1.82) is 0 Å². The molecule has 4 nitrogen and oxygen atoms in total. The number of cyclic esters (lactones) is 1. The van der Waals surface area contributed by atoms with Crippen molar-refractivity contribution in [3.63, 3.8) is 0 Å². The summed E-state index contributed by atoms with van der Waals surface area (Å²) in [6.45, 7) is 1.93. The normalized spacial score (nSPS) is 16.9. The van der Waals surface area contributed by atoms with Gasteiger partial charge in [0.25, 0.3) is 0 Å². The van der Waals surface area contributed by atoms with Gasteiger partial charge in [0.15, 0.2) is 0 Å². The lowest BCUT2D eigenvalue weighted by molar-refractivity contribution is 0.0436. The van der Waals surface area contributed by atoms with Gasteiger partial charge in [-0.3, -0.25) is 0 Å². The molecule has 1 aliphatic heterocycles. The number of hydrogen-bond donors (Lipinski definition) is 2. The number of carbonyl (C=O) groups excluding carboxylic acids is 1. The van der Waals surface area contributed by atoms with E-state index in [0.717, 1.165) is 11.1 Å². The zero-order valence-electron chi connectivity index (χ0n) is 10.4. The molecule has 1 aliphatic rings. The minimum atomic E-state index is -0.559. The van der Waals surface area contributed by atoms with Crippen molar-refractivity contribution in [1.82, 2.24) is 0 Å². The first-order valence-electron chi connectivity index (χ1n) is 6.01. The van der Waals surface area contributed by atoms with Crippen LogP contribution in [0.2, 0.25) is 0 Å². The van der Waals surface area contributed by atoms with Gasteiger partial charge in [-0.05, 0) is 30.7 Å². The summed E-state index contributed by atoms with van der Waals surface area (Å²) >= 11 is 0. The van der Waals surface area contributed by atoms with Gasteiger partial charge >= 0.3 is 5.97 Å². The van der Waals surface area contributed by atoms with E-state index in [1.165, 1.54) is 0 Å². The van der Waals surface area contributed by atoms with Crippen LogP contribution in [0.5, 0.6) is 5.75 Å². The van der Waals surface area contributed by atoms with Crippen LogP contribution in [0.4, 0.5) is 5.69 Å². The number of aryl methyl sites for hydroxylation is 1. The van der Waals surface area contributed by atoms with E-state index < -0.39 is 6.23 Å². The molecule has 3 rings (SSSR count). The molecule has 0 bridgehead atoms. The van der Waals surface area contributed by atoms with Crippen LogP contribution >= 0.6 is 0 Å². The van der Waals surface area contributed by atoms with Crippen LogP contribution in [0.15, 0.2) is 42.5 Å². The Morgan fingerprint density at radius 3 is 2.84 bits per heavy atom. The third-order valence-corrected chi connectivity index (χ3v) is 3.13. The third-order valence-electron chi connectivity index (χ3n) is 3.13.